The second-order valence-corrected chi connectivity index (χ2v) is 8.82. The molecule has 1 aliphatic carbocycles. The zero-order valence-corrected chi connectivity index (χ0v) is 15.7. The van der Waals surface area contributed by atoms with Crippen molar-refractivity contribution in [1.82, 2.24) is 4.72 Å². The first-order valence-electron chi connectivity index (χ1n) is 8.59. The summed E-state index contributed by atoms with van der Waals surface area (Å²) in [5, 5.41) is 11.2. The van der Waals surface area contributed by atoms with Crippen molar-refractivity contribution in [2.45, 2.75) is 44.1 Å². The maximum absolute atomic E-state index is 12.9. The highest BCUT2D eigenvalue weighted by atomic mass is 32.2. The average molecular weight is 359 g/mol. The minimum absolute atomic E-state index is 0.0171. The summed E-state index contributed by atoms with van der Waals surface area (Å²) in [4.78, 5) is 0.310. The van der Waals surface area contributed by atoms with E-state index < -0.39 is 15.6 Å². The second kappa shape index (κ2) is 6.56. The summed E-state index contributed by atoms with van der Waals surface area (Å²) in [7, 11) is -3.70. The first-order valence-corrected chi connectivity index (χ1v) is 10.1. The van der Waals surface area contributed by atoms with Crippen LogP contribution in [0.2, 0.25) is 0 Å². The van der Waals surface area contributed by atoms with Gasteiger partial charge in [-0.15, -0.1) is 0 Å². The normalized spacial score (nSPS) is 17.3. The fraction of sp³-hybridized carbons (Fsp3) is 0.400. The summed E-state index contributed by atoms with van der Waals surface area (Å²) < 4.78 is 28.4. The molecule has 134 valence electrons. The molecule has 0 aromatic heterocycles. The molecule has 0 spiro atoms. The third-order valence-corrected chi connectivity index (χ3v) is 6.64. The Morgan fingerprint density at radius 2 is 1.64 bits per heavy atom. The van der Waals surface area contributed by atoms with E-state index in [1.807, 2.05) is 49.4 Å². The Morgan fingerprint density at radius 1 is 1.08 bits per heavy atom. The molecule has 1 aliphatic rings. The summed E-state index contributed by atoms with van der Waals surface area (Å²) in [6, 6.07) is 13.1. The maximum Gasteiger partial charge on any atom is 0.241 e. The summed E-state index contributed by atoms with van der Waals surface area (Å²) >= 11 is 0. The SMILES string of the molecule is Cc1cc(C)c(S(=O)(=O)NCC(O)(c2ccccc2)C2CC2)c(C)c1. The van der Waals surface area contributed by atoms with Crippen molar-refractivity contribution in [1.29, 1.82) is 0 Å². The molecule has 2 aromatic carbocycles. The Balaban J connectivity index is 1.89. The number of hydrogen-bond donors (Lipinski definition) is 2. The van der Waals surface area contributed by atoms with Crippen LogP contribution in [0.25, 0.3) is 0 Å². The zero-order chi connectivity index (χ0) is 18.2. The molecule has 0 aliphatic heterocycles. The maximum atomic E-state index is 12.9. The standard InChI is InChI=1S/C20H25NO3S/c1-14-11-15(2)19(16(3)12-14)25(23,24)21-13-20(22,18-9-10-18)17-7-5-4-6-8-17/h4-8,11-12,18,21-22H,9-10,13H2,1-3H3. The van der Waals surface area contributed by atoms with Crippen LogP contribution in [0.5, 0.6) is 0 Å². The fourth-order valence-electron chi connectivity index (χ4n) is 3.64. The number of aliphatic hydroxyl groups is 1. The van der Waals surface area contributed by atoms with Gasteiger partial charge in [0.25, 0.3) is 0 Å². The Kier molecular flexibility index (Phi) is 4.75. The van der Waals surface area contributed by atoms with Crippen molar-refractivity contribution < 1.29 is 13.5 Å². The van der Waals surface area contributed by atoms with Gasteiger partial charge in [0, 0.05) is 6.54 Å². The molecular formula is C20H25NO3S. The molecule has 0 saturated heterocycles. The molecular weight excluding hydrogens is 334 g/mol. The number of aryl methyl sites for hydroxylation is 3. The number of hydrogen-bond acceptors (Lipinski definition) is 3. The quantitative estimate of drug-likeness (QED) is 0.832. The van der Waals surface area contributed by atoms with Crippen LogP contribution in [-0.2, 0) is 15.6 Å². The smallest absolute Gasteiger partial charge is 0.241 e. The van der Waals surface area contributed by atoms with Gasteiger partial charge in [0.2, 0.25) is 10.0 Å². The molecule has 1 atom stereocenters. The van der Waals surface area contributed by atoms with Crippen LogP contribution in [0.3, 0.4) is 0 Å². The van der Waals surface area contributed by atoms with Crippen LogP contribution < -0.4 is 4.72 Å². The van der Waals surface area contributed by atoms with E-state index in [2.05, 4.69) is 4.72 Å². The lowest BCUT2D eigenvalue weighted by Gasteiger charge is -2.29. The Labute approximate surface area is 150 Å². The highest BCUT2D eigenvalue weighted by molar-refractivity contribution is 7.89. The van der Waals surface area contributed by atoms with E-state index in [1.54, 1.807) is 13.8 Å². The van der Waals surface area contributed by atoms with E-state index in [0.29, 0.717) is 4.90 Å². The van der Waals surface area contributed by atoms with Crippen LogP contribution in [0, 0.1) is 26.7 Å². The predicted molar refractivity (Wildman–Crippen MR) is 98.9 cm³/mol. The van der Waals surface area contributed by atoms with Crippen molar-refractivity contribution in [3.63, 3.8) is 0 Å². The van der Waals surface area contributed by atoms with Gasteiger partial charge in [0.15, 0.2) is 0 Å². The van der Waals surface area contributed by atoms with Gasteiger partial charge in [-0.3, -0.25) is 0 Å². The molecule has 0 heterocycles. The van der Waals surface area contributed by atoms with Gasteiger partial charge in [0.1, 0.15) is 5.60 Å². The summed E-state index contributed by atoms with van der Waals surface area (Å²) in [5.74, 6) is 0.0952. The molecule has 2 aromatic rings. The van der Waals surface area contributed by atoms with E-state index >= 15 is 0 Å². The summed E-state index contributed by atoms with van der Waals surface area (Å²) in [5.41, 5.74) is 2.07. The van der Waals surface area contributed by atoms with Crippen molar-refractivity contribution >= 4 is 10.0 Å². The van der Waals surface area contributed by atoms with E-state index in [-0.39, 0.29) is 12.5 Å². The van der Waals surface area contributed by atoms with Gasteiger partial charge in [-0.1, -0.05) is 48.0 Å². The largest absolute Gasteiger partial charge is 0.383 e. The predicted octanol–water partition coefficient (Wildman–Crippen LogP) is 3.19. The summed E-state index contributed by atoms with van der Waals surface area (Å²) in [6.45, 7) is 5.54. The van der Waals surface area contributed by atoms with Gasteiger partial charge in [0.05, 0.1) is 4.90 Å². The fourth-order valence-corrected chi connectivity index (χ4v) is 5.16. The molecule has 1 fully saturated rings. The molecule has 5 heteroatoms. The molecule has 1 unspecified atom stereocenters. The minimum atomic E-state index is -3.70. The van der Waals surface area contributed by atoms with Crippen LogP contribution in [-0.4, -0.2) is 20.1 Å². The summed E-state index contributed by atoms with van der Waals surface area (Å²) in [6.07, 6.45) is 1.82. The van der Waals surface area contributed by atoms with E-state index in [1.165, 1.54) is 0 Å². The van der Waals surface area contributed by atoms with Crippen LogP contribution in [0.4, 0.5) is 0 Å². The molecule has 0 bridgehead atoms. The average Bonchev–Trinajstić information content (AvgIpc) is 3.37. The monoisotopic (exact) mass is 359 g/mol. The third-order valence-electron chi connectivity index (χ3n) is 4.93. The Morgan fingerprint density at radius 3 is 2.16 bits per heavy atom. The van der Waals surface area contributed by atoms with Gasteiger partial charge in [-0.2, -0.15) is 0 Å². The Bertz CT molecular complexity index is 850. The van der Waals surface area contributed by atoms with Crippen molar-refractivity contribution in [3.05, 3.63) is 64.7 Å². The molecule has 3 rings (SSSR count). The Hall–Kier alpha value is -1.69. The molecule has 4 nitrogen and oxygen atoms in total. The van der Waals surface area contributed by atoms with Crippen molar-refractivity contribution in [3.8, 4) is 0 Å². The molecule has 0 amide bonds. The topological polar surface area (TPSA) is 66.4 Å². The van der Waals surface area contributed by atoms with E-state index in [4.69, 9.17) is 0 Å². The second-order valence-electron chi connectivity index (χ2n) is 7.12. The molecule has 2 N–H and O–H groups in total. The van der Waals surface area contributed by atoms with Gasteiger partial charge in [-0.25, -0.2) is 13.1 Å². The molecule has 1 saturated carbocycles. The zero-order valence-electron chi connectivity index (χ0n) is 14.9. The van der Waals surface area contributed by atoms with Crippen molar-refractivity contribution in [2.24, 2.45) is 5.92 Å². The lowest BCUT2D eigenvalue weighted by atomic mass is 9.89. The van der Waals surface area contributed by atoms with Crippen LogP contribution in [0.1, 0.15) is 35.1 Å². The number of nitrogens with one attached hydrogen (secondary N) is 1. The van der Waals surface area contributed by atoms with E-state index in [9.17, 15) is 13.5 Å². The number of benzene rings is 2. The lowest BCUT2D eigenvalue weighted by Crippen LogP contribution is -2.42. The lowest BCUT2D eigenvalue weighted by molar-refractivity contribution is 0.0185. The third kappa shape index (κ3) is 3.64. The molecule has 0 radical (unpaired) electrons. The van der Waals surface area contributed by atoms with Crippen LogP contribution >= 0.6 is 0 Å². The van der Waals surface area contributed by atoms with Gasteiger partial charge >= 0.3 is 0 Å². The highest BCUT2D eigenvalue weighted by Crippen LogP contribution is 2.45. The van der Waals surface area contributed by atoms with Crippen LogP contribution in [0.15, 0.2) is 47.4 Å². The van der Waals surface area contributed by atoms with Gasteiger partial charge in [-0.05, 0) is 56.2 Å². The van der Waals surface area contributed by atoms with Gasteiger partial charge < -0.3 is 5.11 Å². The number of rotatable bonds is 6. The highest BCUT2D eigenvalue weighted by Gasteiger charge is 2.45. The first kappa shape index (κ1) is 18.1. The van der Waals surface area contributed by atoms with E-state index in [0.717, 1.165) is 35.1 Å². The number of sulfonamides is 1. The van der Waals surface area contributed by atoms with Crippen molar-refractivity contribution in [2.75, 3.05) is 6.54 Å². The first-order chi connectivity index (χ1) is 11.7. The minimum Gasteiger partial charge on any atom is -0.383 e. The molecule has 25 heavy (non-hydrogen) atoms.